The average molecular weight is 229 g/mol. The first-order valence-electron chi connectivity index (χ1n) is 6.95. The highest BCUT2D eigenvalue weighted by molar-refractivity contribution is 5.30. The third kappa shape index (κ3) is 2.40. The Morgan fingerprint density at radius 3 is 2.65 bits per heavy atom. The summed E-state index contributed by atoms with van der Waals surface area (Å²) in [4.78, 5) is 0. The maximum atomic E-state index is 3.78. The van der Waals surface area contributed by atoms with Crippen molar-refractivity contribution in [2.24, 2.45) is 11.3 Å². The number of aryl methyl sites for hydroxylation is 1. The first kappa shape index (κ1) is 11.3. The molecule has 1 heteroatoms. The molecule has 3 rings (SSSR count). The molecule has 1 saturated carbocycles. The lowest BCUT2D eigenvalue weighted by Gasteiger charge is -2.25. The molecule has 0 radical (unpaired) electrons. The molecule has 0 saturated heterocycles. The largest absolute Gasteiger partial charge is 0.313 e. The summed E-state index contributed by atoms with van der Waals surface area (Å²) in [5.74, 6) is 0.916. The van der Waals surface area contributed by atoms with E-state index in [2.05, 4.69) is 43.4 Å². The third-order valence-electron chi connectivity index (χ3n) is 4.72. The Hall–Kier alpha value is -0.820. The monoisotopic (exact) mass is 229 g/mol. The Bertz CT molecular complexity index is 408. The molecule has 0 spiro atoms. The molecule has 1 aromatic rings. The molecule has 0 heterocycles. The summed E-state index contributed by atoms with van der Waals surface area (Å²) in [6.45, 7) is 5.99. The minimum Gasteiger partial charge on any atom is -0.313 e. The van der Waals surface area contributed by atoms with Gasteiger partial charge in [-0.15, -0.1) is 0 Å². The van der Waals surface area contributed by atoms with Crippen LogP contribution in [0.4, 0.5) is 0 Å². The van der Waals surface area contributed by atoms with Crippen molar-refractivity contribution in [1.82, 2.24) is 5.32 Å². The summed E-state index contributed by atoms with van der Waals surface area (Å²) < 4.78 is 0. The molecular weight excluding hydrogens is 206 g/mol. The van der Waals surface area contributed by atoms with Gasteiger partial charge in [0.25, 0.3) is 0 Å². The van der Waals surface area contributed by atoms with Gasteiger partial charge in [-0.2, -0.15) is 0 Å². The van der Waals surface area contributed by atoms with E-state index in [1.165, 1.54) is 32.2 Å². The summed E-state index contributed by atoms with van der Waals surface area (Å²) in [5.41, 5.74) is 3.74. The zero-order valence-corrected chi connectivity index (χ0v) is 11.0. The van der Waals surface area contributed by atoms with Crippen molar-refractivity contribution < 1.29 is 0 Å². The van der Waals surface area contributed by atoms with Crippen LogP contribution in [0.25, 0.3) is 0 Å². The number of hydrogen-bond donors (Lipinski definition) is 1. The first-order valence-corrected chi connectivity index (χ1v) is 6.95. The van der Waals surface area contributed by atoms with Gasteiger partial charge < -0.3 is 5.32 Å². The van der Waals surface area contributed by atoms with E-state index < -0.39 is 0 Å². The van der Waals surface area contributed by atoms with E-state index in [1.54, 1.807) is 11.1 Å². The van der Waals surface area contributed by atoms with Gasteiger partial charge in [0.05, 0.1) is 0 Å². The van der Waals surface area contributed by atoms with Gasteiger partial charge in [0.2, 0.25) is 0 Å². The standard InChI is InChI=1S/C16H23N/c1-16(2)10-14(16)11-17-15-8-7-12-5-3-4-6-13(12)9-15/h3-6,14-15,17H,7-11H2,1-2H3. The second-order valence-electron chi connectivity index (χ2n) is 6.51. The fourth-order valence-electron chi connectivity index (χ4n) is 3.11. The Labute approximate surface area is 105 Å². The van der Waals surface area contributed by atoms with Crippen LogP contribution in [0.1, 0.15) is 37.8 Å². The van der Waals surface area contributed by atoms with E-state index in [9.17, 15) is 0 Å². The smallest absolute Gasteiger partial charge is 0.0111 e. The minimum absolute atomic E-state index is 0.611. The Morgan fingerprint density at radius 1 is 1.24 bits per heavy atom. The van der Waals surface area contributed by atoms with Gasteiger partial charge in [0, 0.05) is 6.04 Å². The molecule has 2 aliphatic carbocycles. The van der Waals surface area contributed by atoms with Crippen LogP contribution < -0.4 is 5.32 Å². The molecule has 0 bridgehead atoms. The van der Waals surface area contributed by atoms with E-state index in [4.69, 9.17) is 0 Å². The van der Waals surface area contributed by atoms with Gasteiger partial charge >= 0.3 is 0 Å². The van der Waals surface area contributed by atoms with E-state index >= 15 is 0 Å². The van der Waals surface area contributed by atoms with Gasteiger partial charge in [-0.25, -0.2) is 0 Å². The highest BCUT2D eigenvalue weighted by Gasteiger charge is 2.45. The predicted molar refractivity (Wildman–Crippen MR) is 72.1 cm³/mol. The maximum absolute atomic E-state index is 3.78. The van der Waals surface area contributed by atoms with Crippen molar-refractivity contribution in [2.45, 2.75) is 45.6 Å². The van der Waals surface area contributed by atoms with Crippen molar-refractivity contribution >= 4 is 0 Å². The number of nitrogens with one attached hydrogen (secondary N) is 1. The zero-order chi connectivity index (χ0) is 11.9. The lowest BCUT2D eigenvalue weighted by molar-refractivity contribution is 0.426. The zero-order valence-electron chi connectivity index (χ0n) is 11.0. The molecule has 1 nitrogen and oxygen atoms in total. The van der Waals surface area contributed by atoms with E-state index in [-0.39, 0.29) is 0 Å². The molecule has 2 unspecified atom stereocenters. The molecule has 2 aliphatic rings. The van der Waals surface area contributed by atoms with Gasteiger partial charge in [-0.3, -0.25) is 0 Å². The average Bonchev–Trinajstić information content (AvgIpc) is 2.94. The van der Waals surface area contributed by atoms with Crippen LogP contribution in [0.3, 0.4) is 0 Å². The van der Waals surface area contributed by atoms with Crippen molar-refractivity contribution in [3.05, 3.63) is 35.4 Å². The van der Waals surface area contributed by atoms with Gasteiger partial charge in [-0.1, -0.05) is 38.1 Å². The van der Waals surface area contributed by atoms with Crippen LogP contribution in [0.15, 0.2) is 24.3 Å². The molecular formula is C16H23N. The molecule has 17 heavy (non-hydrogen) atoms. The first-order chi connectivity index (χ1) is 8.15. The highest BCUT2D eigenvalue weighted by atomic mass is 14.9. The molecule has 1 fully saturated rings. The lowest BCUT2D eigenvalue weighted by Crippen LogP contribution is -2.36. The molecule has 0 amide bonds. The number of fused-ring (bicyclic) bond motifs is 1. The van der Waals surface area contributed by atoms with E-state index in [0.717, 1.165) is 5.92 Å². The summed E-state index contributed by atoms with van der Waals surface area (Å²) in [5, 5.41) is 3.78. The summed E-state index contributed by atoms with van der Waals surface area (Å²) in [6, 6.07) is 9.63. The van der Waals surface area contributed by atoms with Gasteiger partial charge in [0.1, 0.15) is 0 Å². The van der Waals surface area contributed by atoms with Gasteiger partial charge in [-0.05, 0) is 54.7 Å². The summed E-state index contributed by atoms with van der Waals surface area (Å²) in [7, 11) is 0. The summed E-state index contributed by atoms with van der Waals surface area (Å²) in [6.07, 6.45) is 5.19. The quantitative estimate of drug-likeness (QED) is 0.839. The van der Waals surface area contributed by atoms with Crippen LogP contribution in [-0.2, 0) is 12.8 Å². The number of hydrogen-bond acceptors (Lipinski definition) is 1. The minimum atomic E-state index is 0.611. The van der Waals surface area contributed by atoms with Crippen molar-refractivity contribution in [1.29, 1.82) is 0 Å². The van der Waals surface area contributed by atoms with Crippen molar-refractivity contribution in [3.63, 3.8) is 0 Å². The van der Waals surface area contributed by atoms with Crippen LogP contribution in [-0.4, -0.2) is 12.6 Å². The molecule has 92 valence electrons. The second kappa shape index (κ2) is 4.13. The number of benzene rings is 1. The SMILES string of the molecule is CC1(C)CC1CNC1CCc2ccccc2C1. The highest BCUT2D eigenvalue weighted by Crippen LogP contribution is 2.51. The van der Waals surface area contributed by atoms with Crippen LogP contribution in [0.5, 0.6) is 0 Å². The summed E-state index contributed by atoms with van der Waals surface area (Å²) >= 11 is 0. The van der Waals surface area contributed by atoms with Crippen LogP contribution in [0, 0.1) is 11.3 Å². The Morgan fingerprint density at radius 2 is 1.94 bits per heavy atom. The maximum Gasteiger partial charge on any atom is 0.0111 e. The number of rotatable bonds is 3. The van der Waals surface area contributed by atoms with E-state index in [0.29, 0.717) is 11.5 Å². The van der Waals surface area contributed by atoms with Crippen LogP contribution >= 0.6 is 0 Å². The molecule has 1 aromatic carbocycles. The van der Waals surface area contributed by atoms with Gasteiger partial charge in [0.15, 0.2) is 0 Å². The van der Waals surface area contributed by atoms with E-state index in [1.807, 2.05) is 0 Å². The molecule has 1 N–H and O–H groups in total. The third-order valence-corrected chi connectivity index (χ3v) is 4.72. The predicted octanol–water partition coefficient (Wildman–Crippen LogP) is 3.18. The molecule has 0 aromatic heterocycles. The molecule has 2 atom stereocenters. The second-order valence-corrected chi connectivity index (χ2v) is 6.51. The van der Waals surface area contributed by atoms with Crippen LogP contribution in [0.2, 0.25) is 0 Å². The topological polar surface area (TPSA) is 12.0 Å². The Balaban J connectivity index is 1.54. The lowest BCUT2D eigenvalue weighted by atomic mass is 9.88. The van der Waals surface area contributed by atoms with Crippen molar-refractivity contribution in [2.75, 3.05) is 6.54 Å². The van der Waals surface area contributed by atoms with Crippen molar-refractivity contribution in [3.8, 4) is 0 Å². The fourth-order valence-corrected chi connectivity index (χ4v) is 3.11. The Kier molecular flexibility index (Phi) is 2.74. The fraction of sp³-hybridized carbons (Fsp3) is 0.625. The molecule has 0 aliphatic heterocycles. The normalized spacial score (nSPS) is 29.8.